The second-order valence-corrected chi connectivity index (χ2v) is 7.72. The summed E-state index contributed by atoms with van der Waals surface area (Å²) >= 11 is 0. The number of benzene rings is 3. The number of ether oxygens (including phenoxy) is 1. The lowest BCUT2D eigenvalue weighted by molar-refractivity contribution is -0.251. The van der Waals surface area contributed by atoms with Crippen LogP contribution in [0.5, 0.6) is 0 Å². The molecule has 1 amide bonds. The van der Waals surface area contributed by atoms with Crippen molar-refractivity contribution in [3.05, 3.63) is 87.8 Å². The number of amides is 1. The summed E-state index contributed by atoms with van der Waals surface area (Å²) in [6.45, 7) is 1.64. The van der Waals surface area contributed by atoms with Gasteiger partial charge in [0.2, 0.25) is 0 Å². The van der Waals surface area contributed by atoms with Gasteiger partial charge in [-0.2, -0.15) is 13.2 Å². The van der Waals surface area contributed by atoms with Crippen molar-refractivity contribution in [1.82, 2.24) is 0 Å². The van der Waals surface area contributed by atoms with Crippen molar-refractivity contribution < 1.29 is 31.9 Å². The topological polar surface area (TPSA) is 85.6 Å². The molecule has 0 spiro atoms. The van der Waals surface area contributed by atoms with Gasteiger partial charge in [0.25, 0.3) is 5.91 Å². The Kier molecular flexibility index (Phi) is 4.36. The molecule has 1 atom stereocenters. The lowest BCUT2D eigenvalue weighted by Crippen LogP contribution is -2.51. The maximum absolute atomic E-state index is 14.2. The molecule has 9 heteroatoms. The number of alkyl halides is 3. The second kappa shape index (κ2) is 6.93. The smallest absolute Gasteiger partial charge is 0.430 e. The standard InChI is InChI=1S/C24H14F3NO5/c1-12-6-8-17-18(10-12)28-22(31)23(17,24(25,26)27)33-21(30)16-11-15-14-5-3-2-4-13(14)7-9-19(15)32-20(16)29/h2-11H,1H3,(H,28,31). The molecule has 0 saturated heterocycles. The summed E-state index contributed by atoms with van der Waals surface area (Å²) < 4.78 is 52.7. The first kappa shape index (κ1) is 20.7. The van der Waals surface area contributed by atoms with Gasteiger partial charge in [0.05, 0.1) is 0 Å². The fourth-order valence-electron chi connectivity index (χ4n) is 4.05. The molecular formula is C24H14F3NO5. The monoisotopic (exact) mass is 453 g/mol. The highest BCUT2D eigenvalue weighted by Crippen LogP contribution is 2.50. The van der Waals surface area contributed by atoms with Crippen LogP contribution in [0.15, 0.2) is 69.9 Å². The molecule has 2 heterocycles. The third kappa shape index (κ3) is 3.00. The molecule has 0 bridgehead atoms. The van der Waals surface area contributed by atoms with Crippen LogP contribution in [0, 0.1) is 6.92 Å². The van der Waals surface area contributed by atoms with Crippen molar-refractivity contribution >= 4 is 39.3 Å². The molecule has 0 radical (unpaired) electrons. The van der Waals surface area contributed by atoms with Gasteiger partial charge in [-0.25, -0.2) is 9.59 Å². The Hall–Kier alpha value is -4.14. The van der Waals surface area contributed by atoms with Crippen LogP contribution in [0.4, 0.5) is 18.9 Å². The summed E-state index contributed by atoms with van der Waals surface area (Å²) in [5, 5.41) is 3.85. The van der Waals surface area contributed by atoms with E-state index in [2.05, 4.69) is 5.32 Å². The summed E-state index contributed by atoms with van der Waals surface area (Å²) in [4.78, 5) is 37.9. The van der Waals surface area contributed by atoms with Gasteiger partial charge in [0, 0.05) is 16.6 Å². The number of carbonyl (C=O) groups excluding carboxylic acids is 2. The zero-order valence-corrected chi connectivity index (χ0v) is 16.9. The minimum absolute atomic E-state index is 0.123. The molecule has 1 aliphatic heterocycles. The maximum Gasteiger partial charge on any atom is 0.442 e. The Balaban J connectivity index is 1.67. The predicted octanol–water partition coefficient (Wildman–Crippen LogP) is 4.82. The first-order valence-corrected chi connectivity index (χ1v) is 9.80. The number of fused-ring (bicyclic) bond motifs is 4. The Morgan fingerprint density at radius 3 is 2.52 bits per heavy atom. The van der Waals surface area contributed by atoms with E-state index >= 15 is 0 Å². The normalized spacial score (nSPS) is 17.8. The average molecular weight is 453 g/mol. The van der Waals surface area contributed by atoms with Crippen molar-refractivity contribution in [2.45, 2.75) is 18.7 Å². The van der Waals surface area contributed by atoms with E-state index in [9.17, 15) is 27.6 Å². The first-order chi connectivity index (χ1) is 15.6. The third-order valence-corrected chi connectivity index (χ3v) is 5.63. The fraction of sp³-hybridized carbons (Fsp3) is 0.125. The van der Waals surface area contributed by atoms with Crippen molar-refractivity contribution in [3.63, 3.8) is 0 Å². The van der Waals surface area contributed by atoms with Gasteiger partial charge in [-0.1, -0.05) is 42.5 Å². The lowest BCUT2D eigenvalue weighted by Gasteiger charge is -2.29. The lowest BCUT2D eigenvalue weighted by atomic mass is 9.93. The molecule has 4 aromatic rings. The van der Waals surface area contributed by atoms with E-state index in [0.29, 0.717) is 16.3 Å². The zero-order valence-electron chi connectivity index (χ0n) is 16.9. The van der Waals surface area contributed by atoms with E-state index < -0.39 is 40.4 Å². The van der Waals surface area contributed by atoms with Crippen LogP contribution in [0.1, 0.15) is 21.5 Å². The molecule has 0 fully saturated rings. The molecule has 6 nitrogen and oxygen atoms in total. The van der Waals surface area contributed by atoms with E-state index in [-0.39, 0.29) is 11.3 Å². The third-order valence-electron chi connectivity index (χ3n) is 5.63. The molecule has 5 rings (SSSR count). The minimum atomic E-state index is -5.29. The number of esters is 1. The Morgan fingerprint density at radius 1 is 1.00 bits per heavy atom. The summed E-state index contributed by atoms with van der Waals surface area (Å²) in [5.41, 5.74) is -5.47. The molecule has 166 valence electrons. The van der Waals surface area contributed by atoms with Crippen LogP contribution in [-0.2, 0) is 15.1 Å². The van der Waals surface area contributed by atoms with E-state index in [0.717, 1.165) is 17.5 Å². The second-order valence-electron chi connectivity index (χ2n) is 7.72. The van der Waals surface area contributed by atoms with Crippen molar-refractivity contribution in [3.8, 4) is 0 Å². The summed E-state index contributed by atoms with van der Waals surface area (Å²) in [5.74, 6) is -3.20. The van der Waals surface area contributed by atoms with Crippen LogP contribution in [0.3, 0.4) is 0 Å². The van der Waals surface area contributed by atoms with Crippen molar-refractivity contribution in [1.29, 1.82) is 0 Å². The largest absolute Gasteiger partial charge is 0.442 e. The highest BCUT2D eigenvalue weighted by Gasteiger charge is 2.69. The first-order valence-electron chi connectivity index (χ1n) is 9.80. The highest BCUT2D eigenvalue weighted by molar-refractivity contribution is 6.09. The van der Waals surface area contributed by atoms with E-state index in [4.69, 9.17) is 9.15 Å². The van der Waals surface area contributed by atoms with Crippen LogP contribution in [-0.4, -0.2) is 18.1 Å². The summed E-state index contributed by atoms with van der Waals surface area (Å²) in [7, 11) is 0. The number of anilines is 1. The van der Waals surface area contributed by atoms with E-state index in [1.54, 1.807) is 37.3 Å². The van der Waals surface area contributed by atoms with E-state index in [1.807, 2.05) is 0 Å². The van der Waals surface area contributed by atoms with Crippen LogP contribution in [0.25, 0.3) is 21.7 Å². The van der Waals surface area contributed by atoms with Crippen LogP contribution in [0.2, 0.25) is 0 Å². The highest BCUT2D eigenvalue weighted by atomic mass is 19.4. The SMILES string of the molecule is Cc1ccc2c(c1)NC(=O)C2(OC(=O)c1cc2c(ccc3ccccc32)oc1=O)C(F)(F)F. The molecule has 0 aliphatic carbocycles. The summed E-state index contributed by atoms with van der Waals surface area (Å²) in [6, 6.07) is 15.1. The van der Waals surface area contributed by atoms with Gasteiger partial charge in [0.15, 0.2) is 0 Å². The summed E-state index contributed by atoms with van der Waals surface area (Å²) in [6.07, 6.45) is -5.29. The molecular weight excluding hydrogens is 439 g/mol. The van der Waals surface area contributed by atoms with Gasteiger partial charge in [-0.3, -0.25) is 4.79 Å². The van der Waals surface area contributed by atoms with Gasteiger partial charge in [-0.05, 0) is 41.5 Å². The molecule has 3 aromatic carbocycles. The molecule has 1 unspecified atom stereocenters. The minimum Gasteiger partial charge on any atom is -0.430 e. The Morgan fingerprint density at radius 2 is 1.76 bits per heavy atom. The van der Waals surface area contributed by atoms with E-state index in [1.165, 1.54) is 18.2 Å². The maximum atomic E-state index is 14.2. The number of hydrogen-bond donors (Lipinski definition) is 1. The average Bonchev–Trinajstić information content (AvgIpc) is 3.04. The molecule has 33 heavy (non-hydrogen) atoms. The van der Waals surface area contributed by atoms with Gasteiger partial charge < -0.3 is 14.5 Å². The number of hydrogen-bond acceptors (Lipinski definition) is 5. The molecule has 1 aromatic heterocycles. The number of aryl methyl sites for hydroxylation is 1. The molecule has 0 saturated carbocycles. The van der Waals surface area contributed by atoms with Gasteiger partial charge >= 0.3 is 23.4 Å². The quantitative estimate of drug-likeness (QED) is 0.267. The van der Waals surface area contributed by atoms with Gasteiger partial charge in [0.1, 0.15) is 11.1 Å². The number of halogens is 3. The fourth-order valence-corrected chi connectivity index (χ4v) is 4.05. The Labute approximate surface area is 183 Å². The number of rotatable bonds is 2. The number of nitrogens with one attached hydrogen (secondary N) is 1. The number of carbonyl (C=O) groups is 2. The van der Waals surface area contributed by atoms with Crippen LogP contribution < -0.4 is 10.9 Å². The molecule has 1 N–H and O–H groups in total. The van der Waals surface area contributed by atoms with Crippen LogP contribution >= 0.6 is 0 Å². The van der Waals surface area contributed by atoms with Crippen molar-refractivity contribution in [2.24, 2.45) is 0 Å². The van der Waals surface area contributed by atoms with Crippen molar-refractivity contribution in [2.75, 3.05) is 5.32 Å². The Bertz CT molecular complexity index is 1540. The van der Waals surface area contributed by atoms with Gasteiger partial charge in [-0.15, -0.1) is 0 Å². The predicted molar refractivity (Wildman–Crippen MR) is 113 cm³/mol. The zero-order chi connectivity index (χ0) is 23.5. The molecule has 1 aliphatic rings.